The molecule has 0 saturated carbocycles. The summed E-state index contributed by atoms with van der Waals surface area (Å²) in [6.07, 6.45) is 1.38. The van der Waals surface area contributed by atoms with Gasteiger partial charge in [-0.1, -0.05) is 0 Å². The van der Waals surface area contributed by atoms with E-state index in [1.54, 1.807) is 0 Å². The van der Waals surface area contributed by atoms with E-state index in [0.717, 1.165) is 26.2 Å². The Morgan fingerprint density at radius 1 is 1.46 bits per heavy atom. The number of rotatable bonds is 4. The van der Waals surface area contributed by atoms with Crippen LogP contribution in [0.25, 0.3) is 0 Å². The molecule has 0 aromatic carbocycles. The molecule has 1 aliphatic heterocycles. The van der Waals surface area contributed by atoms with E-state index in [9.17, 15) is 0 Å². The van der Waals surface area contributed by atoms with Gasteiger partial charge in [-0.2, -0.15) is 0 Å². The monoisotopic (exact) mass is 187 g/mol. The van der Waals surface area contributed by atoms with Gasteiger partial charge < -0.3 is 9.47 Å². The number of ether oxygens (including phenoxy) is 2. The second-order valence-corrected chi connectivity index (χ2v) is 4.28. The van der Waals surface area contributed by atoms with E-state index in [0.29, 0.717) is 6.10 Å². The molecular weight excluding hydrogens is 166 g/mol. The number of likely N-dealkylation sites (N-methyl/N-ethyl adjacent to an activating group) is 1. The van der Waals surface area contributed by atoms with Crippen molar-refractivity contribution in [2.45, 2.75) is 31.9 Å². The van der Waals surface area contributed by atoms with Crippen LogP contribution in [0.3, 0.4) is 0 Å². The lowest BCUT2D eigenvalue weighted by Crippen LogP contribution is -2.49. The molecule has 78 valence electrons. The quantitative estimate of drug-likeness (QED) is 0.658. The summed E-state index contributed by atoms with van der Waals surface area (Å²) in [6.45, 7) is 6.57. The van der Waals surface area contributed by atoms with E-state index in [1.165, 1.54) is 0 Å². The van der Waals surface area contributed by atoms with Crippen LogP contribution in [0.1, 0.15) is 20.3 Å². The zero-order valence-corrected chi connectivity index (χ0v) is 9.17. The second kappa shape index (κ2) is 4.40. The third kappa shape index (κ3) is 2.66. The molecule has 1 atom stereocenters. The number of hydrogen-bond donors (Lipinski definition) is 0. The fraction of sp³-hybridized carbons (Fsp3) is 1.00. The Bertz CT molecular complexity index is 151. The molecular formula is C10H21NO2. The van der Waals surface area contributed by atoms with Crippen LogP contribution in [-0.4, -0.2) is 50.5 Å². The van der Waals surface area contributed by atoms with E-state index in [2.05, 4.69) is 32.8 Å². The maximum Gasteiger partial charge on any atom is 0.0695 e. The van der Waals surface area contributed by atoms with Gasteiger partial charge in [0.1, 0.15) is 0 Å². The predicted octanol–water partition coefficient (Wildman–Crippen LogP) is 1.13. The first-order valence-corrected chi connectivity index (χ1v) is 4.94. The lowest BCUT2D eigenvalue weighted by molar-refractivity contribution is -0.0166. The summed E-state index contributed by atoms with van der Waals surface area (Å²) in [6, 6.07) is 0. The number of nitrogens with zero attached hydrogens (tertiary/aromatic N) is 1. The first-order valence-electron chi connectivity index (χ1n) is 4.94. The van der Waals surface area contributed by atoms with Crippen LogP contribution in [0.4, 0.5) is 0 Å². The summed E-state index contributed by atoms with van der Waals surface area (Å²) in [7, 11) is 4.19. The predicted molar refractivity (Wildman–Crippen MR) is 52.9 cm³/mol. The Morgan fingerprint density at radius 2 is 2.15 bits per heavy atom. The molecule has 1 unspecified atom stereocenters. The maximum absolute atomic E-state index is 5.67. The zero-order chi connectivity index (χ0) is 9.90. The van der Waals surface area contributed by atoms with Crippen LogP contribution in [-0.2, 0) is 9.47 Å². The van der Waals surface area contributed by atoms with Gasteiger partial charge in [0.15, 0.2) is 0 Å². The summed E-state index contributed by atoms with van der Waals surface area (Å²) in [5.41, 5.74) is 0.115. The molecule has 0 amide bonds. The van der Waals surface area contributed by atoms with Crippen molar-refractivity contribution in [1.82, 2.24) is 4.90 Å². The van der Waals surface area contributed by atoms with Gasteiger partial charge in [0.2, 0.25) is 0 Å². The van der Waals surface area contributed by atoms with Crippen molar-refractivity contribution >= 4 is 0 Å². The van der Waals surface area contributed by atoms with Crippen molar-refractivity contribution < 1.29 is 9.47 Å². The molecule has 0 aromatic heterocycles. The van der Waals surface area contributed by atoms with Gasteiger partial charge in [-0.05, 0) is 34.4 Å². The Labute approximate surface area is 81.0 Å². The smallest absolute Gasteiger partial charge is 0.0695 e. The molecule has 1 rings (SSSR count). The molecule has 0 aromatic rings. The molecule has 1 fully saturated rings. The third-order valence-electron chi connectivity index (χ3n) is 2.72. The first kappa shape index (κ1) is 11.0. The summed E-state index contributed by atoms with van der Waals surface area (Å²) >= 11 is 0. The average Bonchev–Trinajstić information content (AvgIpc) is 2.50. The van der Waals surface area contributed by atoms with Crippen molar-refractivity contribution in [2.24, 2.45) is 0 Å². The van der Waals surface area contributed by atoms with Gasteiger partial charge in [-0.15, -0.1) is 0 Å². The summed E-state index contributed by atoms with van der Waals surface area (Å²) in [4.78, 5) is 2.22. The molecule has 13 heavy (non-hydrogen) atoms. The van der Waals surface area contributed by atoms with Crippen LogP contribution in [0.2, 0.25) is 0 Å². The standard InChI is InChI=1S/C10H21NO2/c1-9(2)13-8-10(11(3)4)5-6-12-7-10/h9H,5-8H2,1-4H3. The molecule has 1 aliphatic rings. The van der Waals surface area contributed by atoms with E-state index < -0.39 is 0 Å². The van der Waals surface area contributed by atoms with E-state index in [4.69, 9.17) is 9.47 Å². The molecule has 0 aliphatic carbocycles. The number of hydrogen-bond acceptors (Lipinski definition) is 3. The SMILES string of the molecule is CC(C)OCC1(N(C)C)CCOC1. The second-order valence-electron chi connectivity index (χ2n) is 4.28. The van der Waals surface area contributed by atoms with E-state index in [1.807, 2.05) is 0 Å². The summed E-state index contributed by atoms with van der Waals surface area (Å²) < 4.78 is 11.1. The normalized spacial score (nSPS) is 29.1. The molecule has 0 N–H and O–H groups in total. The van der Waals surface area contributed by atoms with Crippen LogP contribution < -0.4 is 0 Å². The highest BCUT2D eigenvalue weighted by molar-refractivity contribution is 4.91. The molecule has 0 spiro atoms. The van der Waals surface area contributed by atoms with Gasteiger partial charge in [0.25, 0.3) is 0 Å². The summed E-state index contributed by atoms with van der Waals surface area (Å²) in [5.74, 6) is 0. The molecule has 1 saturated heterocycles. The van der Waals surface area contributed by atoms with Gasteiger partial charge in [-0.25, -0.2) is 0 Å². The highest BCUT2D eigenvalue weighted by atomic mass is 16.5. The minimum Gasteiger partial charge on any atom is -0.379 e. The molecule has 0 radical (unpaired) electrons. The first-order chi connectivity index (χ1) is 6.07. The molecule has 0 bridgehead atoms. The van der Waals surface area contributed by atoms with Crippen molar-refractivity contribution in [3.8, 4) is 0 Å². The van der Waals surface area contributed by atoms with Gasteiger partial charge in [-0.3, -0.25) is 4.90 Å². The summed E-state index contributed by atoms with van der Waals surface area (Å²) in [5, 5.41) is 0. The molecule has 1 heterocycles. The minimum absolute atomic E-state index is 0.115. The van der Waals surface area contributed by atoms with Crippen molar-refractivity contribution in [3.05, 3.63) is 0 Å². The Hall–Kier alpha value is -0.120. The highest BCUT2D eigenvalue weighted by Gasteiger charge is 2.37. The van der Waals surface area contributed by atoms with Crippen molar-refractivity contribution in [2.75, 3.05) is 33.9 Å². The molecule has 3 nitrogen and oxygen atoms in total. The van der Waals surface area contributed by atoms with Crippen LogP contribution in [0, 0.1) is 0 Å². The Kier molecular flexibility index (Phi) is 3.71. The Morgan fingerprint density at radius 3 is 2.54 bits per heavy atom. The fourth-order valence-electron chi connectivity index (χ4n) is 1.51. The lowest BCUT2D eigenvalue weighted by atomic mass is 9.98. The largest absolute Gasteiger partial charge is 0.379 e. The molecule has 3 heteroatoms. The zero-order valence-electron chi connectivity index (χ0n) is 9.17. The minimum atomic E-state index is 0.115. The van der Waals surface area contributed by atoms with Crippen LogP contribution in [0.5, 0.6) is 0 Å². The Balaban J connectivity index is 2.47. The van der Waals surface area contributed by atoms with Gasteiger partial charge in [0, 0.05) is 6.61 Å². The van der Waals surface area contributed by atoms with Gasteiger partial charge >= 0.3 is 0 Å². The third-order valence-corrected chi connectivity index (χ3v) is 2.72. The average molecular weight is 187 g/mol. The lowest BCUT2D eigenvalue weighted by Gasteiger charge is -2.35. The van der Waals surface area contributed by atoms with E-state index >= 15 is 0 Å². The van der Waals surface area contributed by atoms with E-state index in [-0.39, 0.29) is 5.54 Å². The van der Waals surface area contributed by atoms with Gasteiger partial charge in [0.05, 0.1) is 24.9 Å². The van der Waals surface area contributed by atoms with Crippen molar-refractivity contribution in [3.63, 3.8) is 0 Å². The maximum atomic E-state index is 5.67. The topological polar surface area (TPSA) is 21.7 Å². The van der Waals surface area contributed by atoms with Crippen LogP contribution >= 0.6 is 0 Å². The highest BCUT2D eigenvalue weighted by Crippen LogP contribution is 2.24. The van der Waals surface area contributed by atoms with Crippen LogP contribution in [0.15, 0.2) is 0 Å². The fourth-order valence-corrected chi connectivity index (χ4v) is 1.51. The van der Waals surface area contributed by atoms with Crippen molar-refractivity contribution in [1.29, 1.82) is 0 Å².